The van der Waals surface area contributed by atoms with Crippen LogP contribution in [0.4, 0.5) is 17.1 Å². The van der Waals surface area contributed by atoms with Gasteiger partial charge in [0.05, 0.1) is 18.1 Å². The molecule has 0 atom stereocenters. The van der Waals surface area contributed by atoms with Gasteiger partial charge in [0.1, 0.15) is 18.0 Å². The number of piperidine rings is 1. The van der Waals surface area contributed by atoms with E-state index in [1.165, 1.54) is 6.07 Å². The van der Waals surface area contributed by atoms with Crippen LogP contribution in [0.25, 0.3) is 0 Å². The van der Waals surface area contributed by atoms with Crippen molar-refractivity contribution < 1.29 is 23.9 Å². The number of nitro groups is 1. The number of carbonyl (C=O) groups excluding carboxylic acids is 1. The Bertz CT molecular complexity index is 1220. The molecule has 0 aliphatic carbocycles. The zero-order valence-corrected chi connectivity index (χ0v) is 19.7. The zero-order chi connectivity index (χ0) is 25.0. The number of benzene rings is 3. The number of rotatable bonds is 7. The van der Waals surface area contributed by atoms with Crippen molar-refractivity contribution in [1.29, 1.82) is 0 Å². The molecule has 1 N–H and O–H groups in total. The van der Waals surface area contributed by atoms with Gasteiger partial charge in [0.25, 0.3) is 11.6 Å². The minimum absolute atomic E-state index is 0.166. The fourth-order valence-corrected chi connectivity index (χ4v) is 4.47. The molecule has 9 heteroatoms. The van der Waals surface area contributed by atoms with Crippen LogP contribution in [0, 0.1) is 10.1 Å². The smallest absolute Gasteiger partial charge is 0.293 e. The van der Waals surface area contributed by atoms with Crippen molar-refractivity contribution in [2.45, 2.75) is 25.2 Å². The number of hydrogen-bond acceptors (Lipinski definition) is 7. The van der Waals surface area contributed by atoms with Crippen molar-refractivity contribution in [2.24, 2.45) is 0 Å². The predicted molar refractivity (Wildman–Crippen MR) is 133 cm³/mol. The number of carbonyl (C=O) groups is 1. The first-order chi connectivity index (χ1) is 17.5. The molecular weight excluding hydrogens is 462 g/mol. The molecule has 0 unspecified atom stereocenters. The fourth-order valence-electron chi connectivity index (χ4n) is 4.47. The van der Waals surface area contributed by atoms with Gasteiger partial charge in [-0.3, -0.25) is 14.9 Å². The summed E-state index contributed by atoms with van der Waals surface area (Å²) in [5.74, 6) is -0.132. The van der Waals surface area contributed by atoms with Crippen LogP contribution in [0.2, 0.25) is 0 Å². The maximum Gasteiger partial charge on any atom is 0.293 e. The summed E-state index contributed by atoms with van der Waals surface area (Å²) in [6.45, 7) is 2.54. The van der Waals surface area contributed by atoms with Crippen molar-refractivity contribution in [3.8, 4) is 5.75 Å². The Morgan fingerprint density at radius 3 is 2.36 bits per heavy atom. The Balaban J connectivity index is 1.24. The maximum absolute atomic E-state index is 13.0. The Morgan fingerprint density at radius 1 is 1.00 bits per heavy atom. The molecule has 2 fully saturated rings. The van der Waals surface area contributed by atoms with Gasteiger partial charge in [-0.25, -0.2) is 0 Å². The van der Waals surface area contributed by atoms with Crippen molar-refractivity contribution >= 4 is 23.0 Å². The number of nitro benzene ring substituents is 1. The highest BCUT2D eigenvalue weighted by Crippen LogP contribution is 2.33. The van der Waals surface area contributed by atoms with Crippen LogP contribution in [0.1, 0.15) is 28.8 Å². The largest absolute Gasteiger partial charge is 0.489 e. The standard InChI is InChI=1S/C27H27N3O6/c31-26(29-14-12-27(13-15-29)35-16-17-36-27)21-6-11-24(25(18-21)30(32)33)28-22-7-9-23(10-8-22)34-19-20-4-2-1-3-5-20/h1-11,18,28H,12-17,19H2. The van der Waals surface area contributed by atoms with Crippen molar-refractivity contribution in [1.82, 2.24) is 4.90 Å². The fraction of sp³-hybridized carbons (Fsp3) is 0.296. The molecule has 2 saturated heterocycles. The number of nitrogens with zero attached hydrogens (tertiary/aromatic N) is 2. The Morgan fingerprint density at radius 2 is 1.69 bits per heavy atom. The van der Waals surface area contributed by atoms with Gasteiger partial charge in [-0.1, -0.05) is 30.3 Å². The first-order valence-corrected chi connectivity index (χ1v) is 11.9. The van der Waals surface area contributed by atoms with Crippen molar-refractivity contribution in [3.63, 3.8) is 0 Å². The molecule has 0 saturated carbocycles. The molecule has 2 aliphatic heterocycles. The Labute approximate surface area is 208 Å². The Hall–Kier alpha value is -3.95. The molecule has 5 rings (SSSR count). The first-order valence-electron chi connectivity index (χ1n) is 11.9. The molecule has 186 valence electrons. The van der Waals surface area contributed by atoms with Crippen LogP contribution >= 0.6 is 0 Å². The van der Waals surface area contributed by atoms with Crippen LogP contribution in [-0.2, 0) is 16.1 Å². The SMILES string of the molecule is O=C(c1ccc(Nc2ccc(OCc3ccccc3)cc2)c([N+](=O)[O-])c1)N1CCC2(CC1)OCCO2. The van der Waals surface area contributed by atoms with Crippen LogP contribution in [0.3, 0.4) is 0 Å². The van der Waals surface area contributed by atoms with Crippen LogP contribution in [-0.4, -0.2) is 47.8 Å². The molecule has 0 aromatic heterocycles. The van der Waals surface area contributed by atoms with E-state index >= 15 is 0 Å². The minimum Gasteiger partial charge on any atom is -0.489 e. The van der Waals surface area contributed by atoms with E-state index in [0.29, 0.717) is 62.9 Å². The quantitative estimate of drug-likeness (QED) is 0.372. The average Bonchev–Trinajstić information content (AvgIpc) is 3.37. The van der Waals surface area contributed by atoms with Gasteiger partial charge in [-0.05, 0) is 42.0 Å². The van der Waals surface area contributed by atoms with Gasteiger partial charge < -0.3 is 24.4 Å². The number of hydrogen-bond donors (Lipinski definition) is 1. The molecule has 36 heavy (non-hydrogen) atoms. The monoisotopic (exact) mass is 489 g/mol. The van der Waals surface area contributed by atoms with E-state index in [0.717, 1.165) is 5.56 Å². The number of anilines is 2. The maximum atomic E-state index is 13.0. The summed E-state index contributed by atoms with van der Waals surface area (Å²) >= 11 is 0. The number of amides is 1. The molecular formula is C27H27N3O6. The van der Waals surface area contributed by atoms with Gasteiger partial charge in [0.2, 0.25) is 0 Å². The summed E-state index contributed by atoms with van der Waals surface area (Å²) in [6, 6.07) is 21.5. The van der Waals surface area contributed by atoms with Gasteiger partial charge in [-0.15, -0.1) is 0 Å². The van der Waals surface area contributed by atoms with Crippen LogP contribution < -0.4 is 10.1 Å². The third-order valence-corrected chi connectivity index (χ3v) is 6.45. The van der Waals surface area contributed by atoms with Gasteiger partial charge in [0.15, 0.2) is 5.79 Å². The van der Waals surface area contributed by atoms with E-state index in [9.17, 15) is 14.9 Å². The summed E-state index contributed by atoms with van der Waals surface area (Å²) in [5.41, 5.74) is 2.15. The second-order valence-electron chi connectivity index (χ2n) is 8.81. The minimum atomic E-state index is -0.585. The Kier molecular flexibility index (Phi) is 6.84. The predicted octanol–water partition coefficient (Wildman–Crippen LogP) is 4.90. The summed E-state index contributed by atoms with van der Waals surface area (Å²) in [6.07, 6.45) is 1.18. The summed E-state index contributed by atoms with van der Waals surface area (Å²) in [4.78, 5) is 26.0. The first kappa shape index (κ1) is 23.8. The van der Waals surface area contributed by atoms with Gasteiger partial charge >= 0.3 is 0 Å². The van der Waals surface area contributed by atoms with Gasteiger partial charge in [0, 0.05) is 43.2 Å². The van der Waals surface area contributed by atoms with E-state index in [2.05, 4.69) is 5.32 Å². The van der Waals surface area contributed by atoms with Gasteiger partial charge in [-0.2, -0.15) is 0 Å². The second kappa shape index (κ2) is 10.3. The molecule has 2 heterocycles. The summed E-state index contributed by atoms with van der Waals surface area (Å²) in [7, 11) is 0. The molecule has 3 aromatic rings. The normalized spacial score (nSPS) is 16.6. The summed E-state index contributed by atoms with van der Waals surface area (Å²) in [5, 5.41) is 14.9. The highest BCUT2D eigenvalue weighted by molar-refractivity contribution is 5.96. The number of ether oxygens (including phenoxy) is 3. The van der Waals surface area contributed by atoms with E-state index in [1.54, 1.807) is 41.3 Å². The molecule has 3 aromatic carbocycles. The zero-order valence-electron chi connectivity index (χ0n) is 19.7. The molecule has 2 aliphatic rings. The molecule has 0 bridgehead atoms. The lowest BCUT2D eigenvalue weighted by Gasteiger charge is -2.37. The van der Waals surface area contributed by atoms with E-state index in [4.69, 9.17) is 14.2 Å². The topological polar surface area (TPSA) is 103 Å². The lowest BCUT2D eigenvalue weighted by atomic mass is 10.0. The highest BCUT2D eigenvalue weighted by atomic mass is 16.7. The second-order valence-corrected chi connectivity index (χ2v) is 8.81. The molecule has 1 spiro atoms. The molecule has 0 radical (unpaired) electrons. The van der Waals surface area contributed by atoms with Crippen molar-refractivity contribution in [3.05, 3.63) is 94.0 Å². The van der Waals surface area contributed by atoms with Crippen LogP contribution in [0.5, 0.6) is 5.75 Å². The number of nitrogens with one attached hydrogen (secondary N) is 1. The van der Waals surface area contributed by atoms with Crippen LogP contribution in [0.15, 0.2) is 72.8 Å². The third-order valence-electron chi connectivity index (χ3n) is 6.45. The lowest BCUT2D eigenvalue weighted by Crippen LogP contribution is -2.47. The van der Waals surface area contributed by atoms with E-state index < -0.39 is 10.7 Å². The van der Waals surface area contributed by atoms with E-state index in [-0.39, 0.29) is 17.2 Å². The van der Waals surface area contributed by atoms with E-state index in [1.807, 2.05) is 30.3 Å². The van der Waals surface area contributed by atoms with Crippen molar-refractivity contribution in [2.75, 3.05) is 31.6 Å². The number of likely N-dealkylation sites (tertiary alicyclic amines) is 1. The highest BCUT2D eigenvalue weighted by Gasteiger charge is 2.41. The summed E-state index contributed by atoms with van der Waals surface area (Å²) < 4.78 is 17.2. The molecule has 9 nitrogen and oxygen atoms in total. The third kappa shape index (κ3) is 5.32. The average molecular weight is 490 g/mol. The molecule has 1 amide bonds. The lowest BCUT2D eigenvalue weighted by molar-refractivity contribution is -0.383.